The molecule has 3 aromatic rings. The van der Waals surface area contributed by atoms with Gasteiger partial charge in [-0.15, -0.1) is 0 Å². The fraction of sp³-hybridized carbons (Fsp3) is 0.0625. The molecule has 1 aromatic heterocycles. The van der Waals surface area contributed by atoms with E-state index in [9.17, 15) is 0 Å². The zero-order valence-corrected chi connectivity index (χ0v) is 13.2. The second-order valence-electron chi connectivity index (χ2n) is 4.58. The van der Waals surface area contributed by atoms with Crippen molar-refractivity contribution in [3.8, 4) is 22.6 Å². The van der Waals surface area contributed by atoms with Gasteiger partial charge in [0, 0.05) is 26.3 Å². The molecule has 0 fully saturated rings. The second-order valence-corrected chi connectivity index (χ2v) is 5.93. The van der Waals surface area contributed by atoms with Crippen LogP contribution in [0.25, 0.3) is 22.6 Å². The summed E-state index contributed by atoms with van der Waals surface area (Å²) >= 11 is 9.40. The molecular weight excluding hydrogens is 336 g/mol. The molecule has 2 aromatic carbocycles. The van der Waals surface area contributed by atoms with E-state index < -0.39 is 0 Å². The standard InChI is InChI=1S/C16H12BrClN2/c1-10-15(12-3-2-4-13(17)9-12)20-16(19-10)11-5-7-14(18)8-6-11/h2-9H,1H3,(H,19,20). The first-order valence-electron chi connectivity index (χ1n) is 6.22. The van der Waals surface area contributed by atoms with Crippen LogP contribution < -0.4 is 0 Å². The van der Waals surface area contributed by atoms with Crippen LogP contribution in [0.5, 0.6) is 0 Å². The quantitative estimate of drug-likeness (QED) is 0.654. The molecular formula is C16H12BrClN2. The minimum Gasteiger partial charge on any atom is -0.342 e. The Kier molecular flexibility index (Phi) is 3.64. The van der Waals surface area contributed by atoms with Crippen LogP contribution in [0.2, 0.25) is 5.02 Å². The van der Waals surface area contributed by atoms with Crippen LogP contribution in [0.4, 0.5) is 0 Å². The topological polar surface area (TPSA) is 28.7 Å². The maximum absolute atomic E-state index is 5.91. The van der Waals surface area contributed by atoms with E-state index in [0.29, 0.717) is 0 Å². The zero-order valence-electron chi connectivity index (χ0n) is 10.8. The molecule has 0 aliphatic rings. The van der Waals surface area contributed by atoms with E-state index in [2.05, 4.69) is 33.0 Å². The van der Waals surface area contributed by atoms with Gasteiger partial charge in [-0.1, -0.05) is 39.7 Å². The molecule has 1 heterocycles. The Morgan fingerprint density at radius 3 is 2.50 bits per heavy atom. The van der Waals surface area contributed by atoms with Crippen molar-refractivity contribution in [1.29, 1.82) is 0 Å². The zero-order chi connectivity index (χ0) is 14.1. The molecule has 0 bridgehead atoms. The molecule has 0 saturated heterocycles. The van der Waals surface area contributed by atoms with Crippen LogP contribution in [0.1, 0.15) is 5.69 Å². The van der Waals surface area contributed by atoms with Crippen molar-refractivity contribution in [2.45, 2.75) is 6.92 Å². The largest absolute Gasteiger partial charge is 0.342 e. The van der Waals surface area contributed by atoms with E-state index >= 15 is 0 Å². The number of aromatic amines is 1. The van der Waals surface area contributed by atoms with Crippen molar-refractivity contribution in [2.24, 2.45) is 0 Å². The Hall–Kier alpha value is -1.58. The van der Waals surface area contributed by atoms with Crippen molar-refractivity contribution in [3.63, 3.8) is 0 Å². The third kappa shape index (κ3) is 2.65. The first-order valence-corrected chi connectivity index (χ1v) is 7.39. The first-order chi connectivity index (χ1) is 9.63. The summed E-state index contributed by atoms with van der Waals surface area (Å²) in [6.07, 6.45) is 0. The fourth-order valence-electron chi connectivity index (χ4n) is 2.12. The smallest absolute Gasteiger partial charge is 0.138 e. The lowest BCUT2D eigenvalue weighted by molar-refractivity contribution is 1.26. The molecule has 100 valence electrons. The van der Waals surface area contributed by atoms with Gasteiger partial charge in [-0.05, 0) is 43.3 Å². The molecule has 3 rings (SSSR count). The molecule has 20 heavy (non-hydrogen) atoms. The van der Waals surface area contributed by atoms with Gasteiger partial charge in [-0.3, -0.25) is 0 Å². The summed E-state index contributed by atoms with van der Waals surface area (Å²) in [5, 5.41) is 0.726. The van der Waals surface area contributed by atoms with Crippen LogP contribution in [-0.4, -0.2) is 9.97 Å². The highest BCUT2D eigenvalue weighted by molar-refractivity contribution is 9.10. The highest BCUT2D eigenvalue weighted by atomic mass is 79.9. The van der Waals surface area contributed by atoms with E-state index in [4.69, 9.17) is 16.6 Å². The number of aryl methyl sites for hydroxylation is 1. The highest BCUT2D eigenvalue weighted by Gasteiger charge is 2.10. The van der Waals surface area contributed by atoms with Crippen LogP contribution in [0.15, 0.2) is 53.0 Å². The maximum Gasteiger partial charge on any atom is 0.138 e. The summed E-state index contributed by atoms with van der Waals surface area (Å²) in [7, 11) is 0. The van der Waals surface area contributed by atoms with E-state index in [1.165, 1.54) is 0 Å². The summed E-state index contributed by atoms with van der Waals surface area (Å²) in [5.74, 6) is 0.856. The summed E-state index contributed by atoms with van der Waals surface area (Å²) in [6.45, 7) is 2.03. The first kappa shape index (κ1) is 13.4. The van der Waals surface area contributed by atoms with Crippen molar-refractivity contribution < 1.29 is 0 Å². The molecule has 1 N–H and O–H groups in total. The molecule has 0 spiro atoms. The highest BCUT2D eigenvalue weighted by Crippen LogP contribution is 2.27. The summed E-state index contributed by atoms with van der Waals surface area (Å²) in [4.78, 5) is 8.03. The van der Waals surface area contributed by atoms with E-state index in [1.807, 2.05) is 43.3 Å². The lowest BCUT2D eigenvalue weighted by Crippen LogP contribution is -1.81. The van der Waals surface area contributed by atoms with Crippen LogP contribution in [0, 0.1) is 6.92 Å². The lowest BCUT2D eigenvalue weighted by Gasteiger charge is -1.99. The SMILES string of the molecule is Cc1[nH]c(-c2ccc(Cl)cc2)nc1-c1cccc(Br)c1. The summed E-state index contributed by atoms with van der Waals surface area (Å²) < 4.78 is 1.05. The number of H-pyrrole nitrogens is 1. The number of halogens is 2. The van der Waals surface area contributed by atoms with Crippen LogP contribution in [0.3, 0.4) is 0 Å². The van der Waals surface area contributed by atoms with Gasteiger partial charge in [0.2, 0.25) is 0 Å². The summed E-state index contributed by atoms with van der Waals surface area (Å²) in [5.41, 5.74) is 4.14. The predicted octanol–water partition coefficient (Wildman–Crippen LogP) is 5.47. The number of imidazole rings is 1. The third-order valence-corrected chi connectivity index (χ3v) is 3.85. The number of rotatable bonds is 2. The predicted molar refractivity (Wildman–Crippen MR) is 86.9 cm³/mol. The van der Waals surface area contributed by atoms with Crippen molar-refractivity contribution >= 4 is 27.5 Å². The van der Waals surface area contributed by atoms with Gasteiger partial charge in [-0.2, -0.15) is 0 Å². The minimum absolute atomic E-state index is 0.726. The molecule has 0 atom stereocenters. The summed E-state index contributed by atoms with van der Waals surface area (Å²) in [6, 6.07) is 15.8. The van der Waals surface area contributed by atoms with Gasteiger partial charge >= 0.3 is 0 Å². The van der Waals surface area contributed by atoms with Crippen molar-refractivity contribution in [3.05, 3.63) is 63.7 Å². The number of hydrogen-bond donors (Lipinski definition) is 1. The molecule has 0 unspecified atom stereocenters. The Bertz CT molecular complexity index is 747. The Balaban J connectivity index is 2.05. The van der Waals surface area contributed by atoms with Crippen LogP contribution >= 0.6 is 27.5 Å². The average molecular weight is 348 g/mol. The number of aromatic nitrogens is 2. The molecule has 0 saturated carbocycles. The van der Waals surface area contributed by atoms with Gasteiger partial charge in [0.05, 0.1) is 5.69 Å². The van der Waals surface area contributed by atoms with Crippen molar-refractivity contribution in [2.75, 3.05) is 0 Å². The Morgan fingerprint density at radius 1 is 1.05 bits per heavy atom. The van der Waals surface area contributed by atoms with E-state index in [0.717, 1.165) is 37.8 Å². The van der Waals surface area contributed by atoms with Crippen molar-refractivity contribution in [1.82, 2.24) is 9.97 Å². The monoisotopic (exact) mass is 346 g/mol. The van der Waals surface area contributed by atoms with Gasteiger partial charge < -0.3 is 4.98 Å². The second kappa shape index (κ2) is 5.43. The van der Waals surface area contributed by atoms with Gasteiger partial charge in [0.1, 0.15) is 5.82 Å². The molecule has 2 nitrogen and oxygen atoms in total. The molecule has 0 radical (unpaired) electrons. The molecule has 4 heteroatoms. The maximum atomic E-state index is 5.91. The Morgan fingerprint density at radius 2 is 1.80 bits per heavy atom. The van der Waals surface area contributed by atoms with Crippen LogP contribution in [-0.2, 0) is 0 Å². The molecule has 0 amide bonds. The fourth-order valence-corrected chi connectivity index (χ4v) is 2.65. The average Bonchev–Trinajstić information content (AvgIpc) is 2.82. The van der Waals surface area contributed by atoms with E-state index in [1.54, 1.807) is 0 Å². The molecule has 0 aliphatic heterocycles. The number of benzene rings is 2. The van der Waals surface area contributed by atoms with Gasteiger partial charge in [0.25, 0.3) is 0 Å². The van der Waals surface area contributed by atoms with Gasteiger partial charge in [-0.25, -0.2) is 4.98 Å². The number of nitrogens with one attached hydrogen (secondary N) is 1. The Labute approximate surface area is 131 Å². The third-order valence-electron chi connectivity index (χ3n) is 3.10. The van der Waals surface area contributed by atoms with E-state index in [-0.39, 0.29) is 0 Å². The number of hydrogen-bond acceptors (Lipinski definition) is 1. The minimum atomic E-state index is 0.726. The lowest BCUT2D eigenvalue weighted by atomic mass is 10.1. The molecule has 0 aliphatic carbocycles. The number of nitrogens with zero attached hydrogens (tertiary/aromatic N) is 1. The van der Waals surface area contributed by atoms with Gasteiger partial charge in [0.15, 0.2) is 0 Å². The normalized spacial score (nSPS) is 10.8.